The fourth-order valence-corrected chi connectivity index (χ4v) is 3.73. The molecule has 1 aliphatic heterocycles. The number of amides is 1. The Morgan fingerprint density at radius 3 is 2.58 bits per heavy atom. The molecule has 1 fully saturated rings. The van der Waals surface area contributed by atoms with Crippen molar-refractivity contribution in [1.29, 1.82) is 0 Å². The number of nitrogens with one attached hydrogen (secondary N) is 2. The zero-order valence-corrected chi connectivity index (χ0v) is 16.3. The number of hydrogen-bond donors (Lipinski definition) is 2. The molecule has 0 saturated carbocycles. The van der Waals surface area contributed by atoms with Crippen molar-refractivity contribution >= 4 is 15.9 Å². The van der Waals surface area contributed by atoms with Gasteiger partial charge in [0.15, 0.2) is 11.5 Å². The Labute approximate surface area is 154 Å². The third-order valence-corrected chi connectivity index (χ3v) is 5.61. The predicted octanol–water partition coefficient (Wildman–Crippen LogP) is 0.583. The molecular formula is C17H27N3O5S. The van der Waals surface area contributed by atoms with Crippen LogP contribution in [0.15, 0.2) is 23.1 Å². The number of nitrogens with zero attached hydrogens (tertiary/aromatic N) is 1. The summed E-state index contributed by atoms with van der Waals surface area (Å²) in [7, 11) is -2.14. The maximum Gasteiger partial charge on any atom is 0.241 e. The lowest BCUT2D eigenvalue weighted by molar-refractivity contribution is -0.130. The van der Waals surface area contributed by atoms with Crippen molar-refractivity contribution in [2.24, 2.45) is 0 Å². The molecule has 1 aromatic rings. The van der Waals surface area contributed by atoms with Gasteiger partial charge in [-0.2, -0.15) is 0 Å². The summed E-state index contributed by atoms with van der Waals surface area (Å²) < 4.78 is 38.3. The van der Waals surface area contributed by atoms with Gasteiger partial charge >= 0.3 is 0 Å². The first-order valence-electron chi connectivity index (χ1n) is 8.74. The van der Waals surface area contributed by atoms with Gasteiger partial charge in [-0.3, -0.25) is 4.79 Å². The standard InChI is InChI=1S/C17H27N3O5S/c1-4-24-15-7-6-14(10-16(15)25-5-2)26(22,23)19-12-17(21)20(3)13-8-9-18-11-13/h6-7,10,13,18-19H,4-5,8-9,11-12H2,1-3H3. The molecule has 1 atom stereocenters. The van der Waals surface area contributed by atoms with Crippen LogP contribution >= 0.6 is 0 Å². The van der Waals surface area contributed by atoms with Crippen LogP contribution in [0.2, 0.25) is 0 Å². The van der Waals surface area contributed by atoms with Gasteiger partial charge in [-0.25, -0.2) is 13.1 Å². The molecule has 0 bridgehead atoms. The van der Waals surface area contributed by atoms with Gasteiger partial charge in [0.1, 0.15) is 0 Å². The third-order valence-electron chi connectivity index (χ3n) is 4.21. The Bertz CT molecular complexity index is 717. The monoisotopic (exact) mass is 385 g/mol. The normalized spacial score (nSPS) is 17.1. The molecule has 146 valence electrons. The number of sulfonamides is 1. The Morgan fingerprint density at radius 2 is 1.96 bits per heavy atom. The van der Waals surface area contributed by atoms with Crippen LogP contribution in [0.4, 0.5) is 0 Å². The lowest BCUT2D eigenvalue weighted by Gasteiger charge is -2.23. The number of hydrogen-bond acceptors (Lipinski definition) is 6. The SMILES string of the molecule is CCOc1ccc(S(=O)(=O)NCC(=O)N(C)C2CCNC2)cc1OCC. The van der Waals surface area contributed by atoms with Crippen LogP contribution in [-0.2, 0) is 14.8 Å². The Hall–Kier alpha value is -1.84. The Kier molecular flexibility index (Phi) is 7.24. The summed E-state index contributed by atoms with van der Waals surface area (Å²) >= 11 is 0. The van der Waals surface area contributed by atoms with E-state index < -0.39 is 10.0 Å². The number of benzene rings is 1. The van der Waals surface area contributed by atoms with Gasteiger partial charge in [-0.15, -0.1) is 0 Å². The number of ether oxygens (including phenoxy) is 2. The largest absolute Gasteiger partial charge is 0.490 e. The van der Waals surface area contributed by atoms with Gasteiger partial charge in [0.05, 0.1) is 24.7 Å². The van der Waals surface area contributed by atoms with Crippen molar-refractivity contribution in [2.45, 2.75) is 31.2 Å². The molecule has 1 unspecified atom stereocenters. The highest BCUT2D eigenvalue weighted by atomic mass is 32.2. The van der Waals surface area contributed by atoms with Crippen molar-refractivity contribution in [1.82, 2.24) is 14.9 Å². The van der Waals surface area contributed by atoms with E-state index in [9.17, 15) is 13.2 Å². The predicted molar refractivity (Wildman–Crippen MR) is 98.0 cm³/mol. The number of carbonyl (C=O) groups excluding carboxylic acids is 1. The summed E-state index contributed by atoms with van der Waals surface area (Å²) in [5.41, 5.74) is 0. The van der Waals surface area contributed by atoms with E-state index in [1.165, 1.54) is 12.1 Å². The van der Waals surface area contributed by atoms with Crippen molar-refractivity contribution < 1.29 is 22.7 Å². The van der Waals surface area contributed by atoms with Crippen molar-refractivity contribution in [3.8, 4) is 11.5 Å². The second kappa shape index (κ2) is 9.20. The van der Waals surface area contributed by atoms with E-state index in [1.54, 1.807) is 18.0 Å². The highest BCUT2D eigenvalue weighted by Crippen LogP contribution is 2.30. The van der Waals surface area contributed by atoms with Gasteiger partial charge in [-0.1, -0.05) is 0 Å². The summed E-state index contributed by atoms with van der Waals surface area (Å²) in [6, 6.07) is 4.50. The van der Waals surface area contributed by atoms with E-state index in [1.807, 2.05) is 13.8 Å². The summed E-state index contributed by atoms with van der Waals surface area (Å²) in [5.74, 6) is 0.578. The minimum atomic E-state index is -3.83. The van der Waals surface area contributed by atoms with E-state index in [4.69, 9.17) is 9.47 Å². The average Bonchev–Trinajstić information content (AvgIpc) is 3.15. The van der Waals surface area contributed by atoms with Gasteiger partial charge in [0.25, 0.3) is 0 Å². The van der Waals surface area contributed by atoms with Crippen LogP contribution in [0.3, 0.4) is 0 Å². The number of likely N-dealkylation sites (N-methyl/N-ethyl adjacent to an activating group) is 1. The quantitative estimate of drug-likeness (QED) is 0.646. The van der Waals surface area contributed by atoms with Crippen LogP contribution in [0.25, 0.3) is 0 Å². The molecule has 2 N–H and O–H groups in total. The molecule has 1 aromatic carbocycles. The van der Waals surface area contributed by atoms with Gasteiger partial charge in [0.2, 0.25) is 15.9 Å². The maximum atomic E-state index is 12.5. The summed E-state index contributed by atoms with van der Waals surface area (Å²) in [5, 5.41) is 3.18. The van der Waals surface area contributed by atoms with E-state index in [-0.39, 0.29) is 23.4 Å². The topological polar surface area (TPSA) is 97.0 Å². The molecule has 0 radical (unpaired) electrons. The number of rotatable bonds is 9. The molecule has 26 heavy (non-hydrogen) atoms. The summed E-state index contributed by atoms with van der Waals surface area (Å²) in [6.07, 6.45) is 0.867. The zero-order valence-electron chi connectivity index (χ0n) is 15.4. The van der Waals surface area contributed by atoms with Crippen LogP contribution in [-0.4, -0.2) is 65.2 Å². The molecule has 1 saturated heterocycles. The highest BCUT2D eigenvalue weighted by Gasteiger charge is 2.25. The third kappa shape index (κ3) is 5.09. The lowest BCUT2D eigenvalue weighted by Crippen LogP contribution is -2.44. The second-order valence-electron chi connectivity index (χ2n) is 5.95. The van der Waals surface area contributed by atoms with Crippen LogP contribution < -0.4 is 19.5 Å². The smallest absolute Gasteiger partial charge is 0.241 e. The highest BCUT2D eigenvalue weighted by molar-refractivity contribution is 7.89. The van der Waals surface area contributed by atoms with Gasteiger partial charge in [0, 0.05) is 25.7 Å². The van der Waals surface area contributed by atoms with Crippen molar-refractivity contribution in [2.75, 3.05) is 39.9 Å². The molecule has 0 aliphatic carbocycles. The molecule has 1 amide bonds. The lowest BCUT2D eigenvalue weighted by atomic mass is 10.2. The van der Waals surface area contributed by atoms with E-state index in [0.717, 1.165) is 19.5 Å². The summed E-state index contributed by atoms with van der Waals surface area (Å²) in [4.78, 5) is 13.9. The first-order chi connectivity index (χ1) is 12.4. The minimum absolute atomic E-state index is 0.0300. The summed E-state index contributed by atoms with van der Waals surface area (Å²) in [6.45, 7) is 5.78. The zero-order chi connectivity index (χ0) is 19.2. The molecule has 2 rings (SSSR count). The molecule has 9 heteroatoms. The first kappa shape index (κ1) is 20.5. The van der Waals surface area contributed by atoms with Crippen LogP contribution in [0, 0.1) is 0 Å². The van der Waals surface area contributed by atoms with E-state index >= 15 is 0 Å². The molecule has 1 heterocycles. The van der Waals surface area contributed by atoms with Crippen LogP contribution in [0.5, 0.6) is 11.5 Å². The maximum absolute atomic E-state index is 12.5. The van der Waals surface area contributed by atoms with Crippen molar-refractivity contribution in [3.05, 3.63) is 18.2 Å². The van der Waals surface area contributed by atoms with Crippen LogP contribution in [0.1, 0.15) is 20.3 Å². The average molecular weight is 385 g/mol. The number of carbonyl (C=O) groups is 1. The Balaban J connectivity index is 2.06. The fraction of sp³-hybridized carbons (Fsp3) is 0.588. The minimum Gasteiger partial charge on any atom is -0.490 e. The molecule has 0 spiro atoms. The van der Waals surface area contributed by atoms with E-state index in [0.29, 0.717) is 24.7 Å². The second-order valence-corrected chi connectivity index (χ2v) is 7.72. The molecule has 1 aliphatic rings. The van der Waals surface area contributed by atoms with Crippen molar-refractivity contribution in [3.63, 3.8) is 0 Å². The van der Waals surface area contributed by atoms with E-state index in [2.05, 4.69) is 10.0 Å². The molecule has 0 aromatic heterocycles. The van der Waals surface area contributed by atoms with Gasteiger partial charge in [-0.05, 0) is 38.9 Å². The Morgan fingerprint density at radius 1 is 1.27 bits per heavy atom. The fourth-order valence-electron chi connectivity index (χ4n) is 2.74. The first-order valence-corrected chi connectivity index (χ1v) is 10.2. The molecule has 8 nitrogen and oxygen atoms in total. The van der Waals surface area contributed by atoms with Gasteiger partial charge < -0.3 is 19.7 Å². The molecular weight excluding hydrogens is 358 g/mol.